The average Bonchev–Trinajstić information content (AvgIpc) is 2.48. The van der Waals surface area contributed by atoms with Gasteiger partial charge in [-0.2, -0.15) is 0 Å². The summed E-state index contributed by atoms with van der Waals surface area (Å²) in [7, 11) is 1.65. The zero-order chi connectivity index (χ0) is 14.5. The molecule has 0 heterocycles. The summed E-state index contributed by atoms with van der Waals surface area (Å²) in [6.07, 6.45) is 0. The molecular formula is C15H15Cl2NOS. The van der Waals surface area contributed by atoms with Crippen LogP contribution in [0.4, 0.5) is 0 Å². The highest BCUT2D eigenvalue weighted by Gasteiger charge is 2.08. The van der Waals surface area contributed by atoms with E-state index in [0.29, 0.717) is 10.0 Å². The number of hydrogen-bond acceptors (Lipinski definition) is 3. The Balaban J connectivity index is 1.96. The second-order valence-corrected chi connectivity index (χ2v) is 6.17. The molecule has 20 heavy (non-hydrogen) atoms. The minimum absolute atomic E-state index is 0.0413. The molecular weight excluding hydrogens is 313 g/mol. The summed E-state index contributed by atoms with van der Waals surface area (Å²) in [5.41, 5.74) is 7.26. The second kappa shape index (κ2) is 7.23. The summed E-state index contributed by atoms with van der Waals surface area (Å²) < 4.78 is 5.13. The molecule has 1 unspecified atom stereocenters. The fourth-order valence-corrected chi connectivity index (χ4v) is 2.99. The van der Waals surface area contributed by atoms with Gasteiger partial charge in [0.15, 0.2) is 0 Å². The van der Waals surface area contributed by atoms with Crippen molar-refractivity contribution in [2.75, 3.05) is 12.9 Å². The van der Waals surface area contributed by atoms with Gasteiger partial charge in [0, 0.05) is 16.7 Å². The molecule has 2 N–H and O–H groups in total. The summed E-state index contributed by atoms with van der Waals surface area (Å²) >= 11 is 13.5. The van der Waals surface area contributed by atoms with Crippen LogP contribution in [0.15, 0.2) is 47.4 Å². The van der Waals surface area contributed by atoms with Crippen LogP contribution in [0.3, 0.4) is 0 Å². The number of rotatable bonds is 5. The zero-order valence-corrected chi connectivity index (χ0v) is 13.3. The molecule has 0 saturated carbocycles. The lowest BCUT2D eigenvalue weighted by Gasteiger charge is -2.12. The Hall–Kier alpha value is -0.870. The molecule has 0 aliphatic carbocycles. The molecule has 1 atom stereocenters. The van der Waals surface area contributed by atoms with Gasteiger partial charge in [-0.05, 0) is 35.9 Å². The molecule has 0 radical (unpaired) electrons. The van der Waals surface area contributed by atoms with E-state index in [2.05, 4.69) is 0 Å². The van der Waals surface area contributed by atoms with E-state index in [9.17, 15) is 0 Å². The first kappa shape index (κ1) is 15.5. The van der Waals surface area contributed by atoms with Crippen LogP contribution < -0.4 is 10.5 Å². The Morgan fingerprint density at radius 3 is 2.40 bits per heavy atom. The molecule has 0 spiro atoms. The molecule has 0 aliphatic rings. The molecule has 2 aromatic rings. The Kier molecular flexibility index (Phi) is 5.61. The van der Waals surface area contributed by atoms with Gasteiger partial charge in [-0.15, -0.1) is 11.8 Å². The van der Waals surface area contributed by atoms with E-state index in [1.165, 1.54) is 0 Å². The molecule has 0 fully saturated rings. The first-order chi connectivity index (χ1) is 9.60. The van der Waals surface area contributed by atoms with Crippen molar-refractivity contribution in [3.63, 3.8) is 0 Å². The van der Waals surface area contributed by atoms with E-state index < -0.39 is 0 Å². The molecule has 106 valence electrons. The highest BCUT2D eigenvalue weighted by Crippen LogP contribution is 2.30. The second-order valence-electron chi connectivity index (χ2n) is 4.27. The summed E-state index contributed by atoms with van der Waals surface area (Å²) in [5, 5.41) is 1.13. The predicted molar refractivity (Wildman–Crippen MR) is 87.1 cm³/mol. The number of benzene rings is 2. The van der Waals surface area contributed by atoms with E-state index >= 15 is 0 Å². The SMILES string of the molecule is COc1ccc(C(N)CSc2ccc(Cl)c(Cl)c2)cc1. The van der Waals surface area contributed by atoms with Crippen molar-refractivity contribution < 1.29 is 4.74 Å². The predicted octanol–water partition coefficient (Wildman–Crippen LogP) is 4.79. The normalized spacial score (nSPS) is 12.2. The number of nitrogens with two attached hydrogens (primary N) is 1. The van der Waals surface area contributed by atoms with Crippen molar-refractivity contribution in [2.45, 2.75) is 10.9 Å². The standard InChI is InChI=1S/C15H15Cl2NOS/c1-19-11-4-2-10(3-5-11)15(18)9-20-12-6-7-13(16)14(17)8-12/h2-8,15H,9,18H2,1H3. The van der Waals surface area contributed by atoms with E-state index in [1.54, 1.807) is 24.9 Å². The molecule has 2 nitrogen and oxygen atoms in total. The highest BCUT2D eigenvalue weighted by atomic mass is 35.5. The van der Waals surface area contributed by atoms with Gasteiger partial charge in [0.25, 0.3) is 0 Å². The lowest BCUT2D eigenvalue weighted by molar-refractivity contribution is 0.414. The Bertz CT molecular complexity index is 575. The Morgan fingerprint density at radius 1 is 1.10 bits per heavy atom. The maximum atomic E-state index is 6.18. The first-order valence-electron chi connectivity index (χ1n) is 6.07. The average molecular weight is 328 g/mol. The topological polar surface area (TPSA) is 35.2 Å². The monoisotopic (exact) mass is 327 g/mol. The molecule has 2 aromatic carbocycles. The lowest BCUT2D eigenvalue weighted by atomic mass is 10.1. The number of thioether (sulfide) groups is 1. The van der Waals surface area contributed by atoms with Gasteiger partial charge in [0.2, 0.25) is 0 Å². The van der Waals surface area contributed by atoms with Crippen molar-refractivity contribution in [2.24, 2.45) is 5.73 Å². The van der Waals surface area contributed by atoms with Crippen molar-refractivity contribution in [1.82, 2.24) is 0 Å². The third-order valence-corrected chi connectivity index (χ3v) is 4.72. The van der Waals surface area contributed by atoms with Crippen LogP contribution in [0.5, 0.6) is 5.75 Å². The van der Waals surface area contributed by atoms with Crippen molar-refractivity contribution in [3.8, 4) is 5.75 Å². The summed E-state index contributed by atoms with van der Waals surface area (Å²) in [6, 6.07) is 13.4. The molecule has 0 aliphatic heterocycles. The van der Waals surface area contributed by atoms with Gasteiger partial charge >= 0.3 is 0 Å². The quantitative estimate of drug-likeness (QED) is 0.801. The smallest absolute Gasteiger partial charge is 0.118 e. The summed E-state index contributed by atoms with van der Waals surface area (Å²) in [5.74, 6) is 1.60. The van der Waals surface area contributed by atoms with Gasteiger partial charge in [0.1, 0.15) is 5.75 Å². The molecule has 5 heteroatoms. The van der Waals surface area contributed by atoms with Crippen LogP contribution in [-0.4, -0.2) is 12.9 Å². The zero-order valence-electron chi connectivity index (χ0n) is 11.0. The molecule has 0 amide bonds. The van der Waals surface area contributed by atoms with Gasteiger partial charge in [-0.1, -0.05) is 35.3 Å². The first-order valence-corrected chi connectivity index (χ1v) is 7.81. The van der Waals surface area contributed by atoms with Crippen LogP contribution in [0.1, 0.15) is 11.6 Å². The van der Waals surface area contributed by atoms with E-state index in [4.69, 9.17) is 33.7 Å². The van der Waals surface area contributed by atoms with E-state index in [0.717, 1.165) is 22.0 Å². The van der Waals surface area contributed by atoms with Gasteiger partial charge in [-0.25, -0.2) is 0 Å². The molecule has 0 saturated heterocycles. The van der Waals surface area contributed by atoms with Crippen molar-refractivity contribution in [1.29, 1.82) is 0 Å². The van der Waals surface area contributed by atoms with Crippen LogP contribution in [0, 0.1) is 0 Å². The van der Waals surface area contributed by atoms with Gasteiger partial charge < -0.3 is 10.5 Å². The number of hydrogen-bond donors (Lipinski definition) is 1. The van der Waals surface area contributed by atoms with Crippen LogP contribution >= 0.6 is 35.0 Å². The third-order valence-electron chi connectivity index (χ3n) is 2.86. The highest BCUT2D eigenvalue weighted by molar-refractivity contribution is 7.99. The number of methoxy groups -OCH3 is 1. The molecule has 2 rings (SSSR count). The maximum absolute atomic E-state index is 6.18. The fraction of sp³-hybridized carbons (Fsp3) is 0.200. The van der Waals surface area contributed by atoms with Crippen molar-refractivity contribution >= 4 is 35.0 Å². The van der Waals surface area contributed by atoms with E-state index in [-0.39, 0.29) is 6.04 Å². The van der Waals surface area contributed by atoms with Crippen molar-refractivity contribution in [3.05, 3.63) is 58.1 Å². The maximum Gasteiger partial charge on any atom is 0.118 e. The number of halogens is 2. The van der Waals surface area contributed by atoms with Crippen LogP contribution in [-0.2, 0) is 0 Å². The van der Waals surface area contributed by atoms with Crippen LogP contribution in [0.2, 0.25) is 10.0 Å². The minimum atomic E-state index is -0.0413. The Labute approximate surface area is 133 Å². The van der Waals surface area contributed by atoms with Gasteiger partial charge in [0.05, 0.1) is 17.2 Å². The lowest BCUT2D eigenvalue weighted by Crippen LogP contribution is -2.12. The van der Waals surface area contributed by atoms with E-state index in [1.807, 2.05) is 36.4 Å². The van der Waals surface area contributed by atoms with Crippen LogP contribution in [0.25, 0.3) is 0 Å². The third kappa shape index (κ3) is 4.06. The Morgan fingerprint density at radius 2 is 1.80 bits per heavy atom. The van der Waals surface area contributed by atoms with Gasteiger partial charge in [-0.3, -0.25) is 0 Å². The molecule has 0 aromatic heterocycles. The largest absolute Gasteiger partial charge is 0.497 e. The summed E-state index contributed by atoms with van der Waals surface area (Å²) in [4.78, 5) is 1.06. The minimum Gasteiger partial charge on any atom is -0.497 e. The summed E-state index contributed by atoms with van der Waals surface area (Å²) in [6.45, 7) is 0. The number of ether oxygens (including phenoxy) is 1. The molecule has 0 bridgehead atoms. The fourth-order valence-electron chi connectivity index (χ4n) is 1.70.